The van der Waals surface area contributed by atoms with E-state index in [1.54, 1.807) is 0 Å². The number of hydrogen-bond acceptors (Lipinski definition) is 2. The number of unbranched alkanes of at least 4 members (excludes halogenated alkanes) is 1. The zero-order valence-corrected chi connectivity index (χ0v) is 12.3. The van der Waals surface area contributed by atoms with E-state index in [9.17, 15) is 0 Å². The highest BCUT2D eigenvalue weighted by Crippen LogP contribution is 2.32. The highest BCUT2D eigenvalue weighted by atomic mass is 16.4. The number of aromatic nitrogens is 1. The average Bonchev–Trinajstić information content (AvgIpc) is 2.99. The predicted octanol–water partition coefficient (Wildman–Crippen LogP) is 5.35. The normalized spacial score (nSPS) is 10.7. The standard InChI is InChI=1S/C19H19NO/c1-2-3-14-17-20-18(15-10-6-4-7-11-15)19(21-17)16-12-8-5-9-13-16/h4-13H,2-3,14H2,1H3. The monoisotopic (exact) mass is 277 g/mol. The second kappa shape index (κ2) is 6.40. The first-order chi connectivity index (χ1) is 10.4. The lowest BCUT2D eigenvalue weighted by molar-refractivity contribution is 0.496. The van der Waals surface area contributed by atoms with Gasteiger partial charge in [0, 0.05) is 17.5 Å². The molecular weight excluding hydrogens is 258 g/mol. The molecule has 21 heavy (non-hydrogen) atoms. The van der Waals surface area contributed by atoms with Gasteiger partial charge in [0.15, 0.2) is 11.7 Å². The molecule has 2 heteroatoms. The molecule has 0 unspecified atom stereocenters. The Balaban J connectivity index is 2.06. The minimum atomic E-state index is 0.828. The van der Waals surface area contributed by atoms with Crippen LogP contribution in [0.1, 0.15) is 25.7 Å². The van der Waals surface area contributed by atoms with Crippen LogP contribution >= 0.6 is 0 Å². The van der Waals surface area contributed by atoms with Gasteiger partial charge in [0.1, 0.15) is 5.69 Å². The predicted molar refractivity (Wildman–Crippen MR) is 86.0 cm³/mol. The molecule has 0 aliphatic carbocycles. The first-order valence-electron chi connectivity index (χ1n) is 7.49. The Hall–Kier alpha value is -2.35. The van der Waals surface area contributed by atoms with E-state index in [4.69, 9.17) is 9.40 Å². The van der Waals surface area contributed by atoms with Crippen molar-refractivity contribution in [1.29, 1.82) is 0 Å². The van der Waals surface area contributed by atoms with Crippen LogP contribution in [0.2, 0.25) is 0 Å². The number of aryl methyl sites for hydroxylation is 1. The summed E-state index contributed by atoms with van der Waals surface area (Å²) in [5.74, 6) is 1.70. The lowest BCUT2D eigenvalue weighted by atomic mass is 10.1. The molecule has 0 radical (unpaired) electrons. The summed E-state index contributed by atoms with van der Waals surface area (Å²) in [6.45, 7) is 2.18. The first kappa shape index (κ1) is 13.6. The molecule has 0 saturated carbocycles. The van der Waals surface area contributed by atoms with Gasteiger partial charge in [0.2, 0.25) is 0 Å². The van der Waals surface area contributed by atoms with Gasteiger partial charge in [-0.15, -0.1) is 0 Å². The van der Waals surface area contributed by atoms with Gasteiger partial charge >= 0.3 is 0 Å². The van der Waals surface area contributed by atoms with Crippen LogP contribution in [0.15, 0.2) is 65.1 Å². The molecule has 0 N–H and O–H groups in total. The minimum absolute atomic E-state index is 0.828. The summed E-state index contributed by atoms with van der Waals surface area (Å²) in [5, 5.41) is 0. The molecule has 3 rings (SSSR count). The van der Waals surface area contributed by atoms with Crippen LogP contribution in [0, 0.1) is 0 Å². The largest absolute Gasteiger partial charge is 0.440 e. The van der Waals surface area contributed by atoms with Crippen LogP contribution in [0.3, 0.4) is 0 Å². The summed E-state index contributed by atoms with van der Waals surface area (Å²) in [6.07, 6.45) is 3.13. The van der Waals surface area contributed by atoms with E-state index in [1.165, 1.54) is 0 Å². The van der Waals surface area contributed by atoms with Gasteiger partial charge in [0.25, 0.3) is 0 Å². The minimum Gasteiger partial charge on any atom is -0.440 e. The number of oxazole rings is 1. The van der Waals surface area contributed by atoms with Crippen molar-refractivity contribution in [2.75, 3.05) is 0 Å². The van der Waals surface area contributed by atoms with Crippen molar-refractivity contribution in [1.82, 2.24) is 4.98 Å². The van der Waals surface area contributed by atoms with E-state index < -0.39 is 0 Å². The molecule has 0 aliphatic heterocycles. The molecule has 0 aliphatic rings. The summed E-state index contributed by atoms with van der Waals surface area (Å²) in [4.78, 5) is 4.73. The van der Waals surface area contributed by atoms with E-state index in [0.717, 1.165) is 47.7 Å². The van der Waals surface area contributed by atoms with Crippen LogP contribution in [0.5, 0.6) is 0 Å². The topological polar surface area (TPSA) is 26.0 Å². The van der Waals surface area contributed by atoms with Crippen molar-refractivity contribution in [3.8, 4) is 22.6 Å². The summed E-state index contributed by atoms with van der Waals surface area (Å²) < 4.78 is 6.05. The number of rotatable bonds is 5. The quantitative estimate of drug-likeness (QED) is 0.628. The van der Waals surface area contributed by atoms with Crippen molar-refractivity contribution < 1.29 is 4.42 Å². The molecule has 2 aromatic carbocycles. The van der Waals surface area contributed by atoms with Crippen molar-refractivity contribution in [2.24, 2.45) is 0 Å². The molecule has 1 aromatic heterocycles. The summed E-state index contributed by atoms with van der Waals surface area (Å²) in [5.41, 5.74) is 3.11. The molecule has 3 aromatic rings. The number of hydrogen-bond donors (Lipinski definition) is 0. The first-order valence-corrected chi connectivity index (χ1v) is 7.49. The SMILES string of the molecule is CCCCc1nc(-c2ccccc2)c(-c2ccccc2)o1. The molecule has 1 heterocycles. The lowest BCUT2D eigenvalue weighted by Crippen LogP contribution is -1.85. The highest BCUT2D eigenvalue weighted by Gasteiger charge is 2.16. The third-order valence-electron chi connectivity index (χ3n) is 3.50. The number of nitrogens with zero attached hydrogens (tertiary/aromatic N) is 1. The van der Waals surface area contributed by atoms with Crippen LogP contribution in [-0.4, -0.2) is 4.98 Å². The fourth-order valence-corrected chi connectivity index (χ4v) is 2.38. The van der Waals surface area contributed by atoms with Crippen LogP contribution in [0.4, 0.5) is 0 Å². The van der Waals surface area contributed by atoms with E-state index in [1.807, 2.05) is 36.4 Å². The van der Waals surface area contributed by atoms with Gasteiger partial charge in [-0.3, -0.25) is 0 Å². The maximum Gasteiger partial charge on any atom is 0.195 e. The molecular formula is C19H19NO. The van der Waals surface area contributed by atoms with Gasteiger partial charge in [-0.1, -0.05) is 74.0 Å². The van der Waals surface area contributed by atoms with Crippen LogP contribution < -0.4 is 0 Å². The zero-order chi connectivity index (χ0) is 14.5. The van der Waals surface area contributed by atoms with E-state index in [-0.39, 0.29) is 0 Å². The second-order valence-corrected chi connectivity index (χ2v) is 5.12. The third-order valence-corrected chi connectivity index (χ3v) is 3.50. The molecule has 0 spiro atoms. The van der Waals surface area contributed by atoms with Gasteiger partial charge < -0.3 is 4.42 Å². The zero-order valence-electron chi connectivity index (χ0n) is 12.3. The van der Waals surface area contributed by atoms with Crippen molar-refractivity contribution in [3.63, 3.8) is 0 Å². The average molecular weight is 277 g/mol. The van der Waals surface area contributed by atoms with Gasteiger partial charge in [-0.05, 0) is 6.42 Å². The van der Waals surface area contributed by atoms with Crippen molar-refractivity contribution in [3.05, 3.63) is 66.6 Å². The van der Waals surface area contributed by atoms with Crippen molar-refractivity contribution >= 4 is 0 Å². The number of benzene rings is 2. The van der Waals surface area contributed by atoms with E-state index in [0.29, 0.717) is 0 Å². The Bertz CT molecular complexity index is 629. The van der Waals surface area contributed by atoms with Crippen molar-refractivity contribution in [2.45, 2.75) is 26.2 Å². The Morgan fingerprint density at radius 1 is 0.857 bits per heavy atom. The maximum atomic E-state index is 6.05. The summed E-state index contributed by atoms with van der Waals surface area (Å²) >= 11 is 0. The van der Waals surface area contributed by atoms with E-state index >= 15 is 0 Å². The Kier molecular flexibility index (Phi) is 4.15. The van der Waals surface area contributed by atoms with Gasteiger partial charge in [-0.25, -0.2) is 4.98 Å². The molecule has 2 nitrogen and oxygen atoms in total. The summed E-state index contributed by atoms with van der Waals surface area (Å²) in [7, 11) is 0. The summed E-state index contributed by atoms with van der Waals surface area (Å²) in [6, 6.07) is 20.4. The molecule has 0 fully saturated rings. The molecule has 0 saturated heterocycles. The molecule has 0 amide bonds. The fourth-order valence-electron chi connectivity index (χ4n) is 2.38. The highest BCUT2D eigenvalue weighted by molar-refractivity contribution is 5.76. The van der Waals surface area contributed by atoms with Crippen LogP contribution in [-0.2, 0) is 6.42 Å². The lowest BCUT2D eigenvalue weighted by Gasteiger charge is -2.00. The molecule has 106 valence electrons. The molecule has 0 bridgehead atoms. The Morgan fingerprint density at radius 2 is 1.48 bits per heavy atom. The molecule has 0 atom stereocenters. The second-order valence-electron chi connectivity index (χ2n) is 5.12. The smallest absolute Gasteiger partial charge is 0.195 e. The van der Waals surface area contributed by atoms with E-state index in [2.05, 4.69) is 31.2 Å². The van der Waals surface area contributed by atoms with Crippen LogP contribution in [0.25, 0.3) is 22.6 Å². The fraction of sp³-hybridized carbons (Fsp3) is 0.211. The maximum absolute atomic E-state index is 6.05. The Labute approximate surface area is 125 Å². The third kappa shape index (κ3) is 3.05. The Morgan fingerprint density at radius 3 is 2.10 bits per heavy atom. The van der Waals surface area contributed by atoms with Gasteiger partial charge in [0.05, 0.1) is 0 Å². The van der Waals surface area contributed by atoms with Gasteiger partial charge in [-0.2, -0.15) is 0 Å².